The van der Waals surface area contributed by atoms with Crippen molar-refractivity contribution in [2.24, 2.45) is 5.92 Å². The maximum Gasteiger partial charge on any atom is 0.0195 e. The molecule has 1 aliphatic heterocycles. The van der Waals surface area contributed by atoms with Gasteiger partial charge in [-0.05, 0) is 52.0 Å². The Morgan fingerprint density at radius 1 is 1.06 bits per heavy atom. The highest BCUT2D eigenvalue weighted by Gasteiger charge is 2.28. The molecule has 2 fully saturated rings. The Morgan fingerprint density at radius 3 is 2.50 bits per heavy atom. The molecule has 1 N–H and O–H groups in total. The topological polar surface area (TPSA) is 15.3 Å². The predicted molar refractivity (Wildman–Crippen MR) is 78.9 cm³/mol. The molecule has 0 aromatic rings. The van der Waals surface area contributed by atoms with Crippen LogP contribution in [-0.4, -0.2) is 36.1 Å². The average Bonchev–Trinajstić information content (AvgIpc) is 2.40. The van der Waals surface area contributed by atoms with Crippen LogP contribution in [0, 0.1) is 5.92 Å². The van der Waals surface area contributed by atoms with E-state index in [0.717, 1.165) is 18.0 Å². The summed E-state index contributed by atoms with van der Waals surface area (Å²) in [6.07, 6.45) is 9.93. The first-order chi connectivity index (χ1) is 8.68. The number of piperidine rings is 1. The quantitative estimate of drug-likeness (QED) is 0.825. The fourth-order valence-electron chi connectivity index (χ4n) is 3.75. The molecule has 2 aliphatic rings. The van der Waals surface area contributed by atoms with Gasteiger partial charge < -0.3 is 5.32 Å². The highest BCUT2D eigenvalue weighted by Crippen LogP contribution is 2.24. The molecule has 1 heterocycles. The van der Waals surface area contributed by atoms with E-state index in [4.69, 9.17) is 0 Å². The number of hydrogen-bond acceptors (Lipinski definition) is 2. The molecule has 3 atom stereocenters. The first-order valence-corrected chi connectivity index (χ1v) is 8.17. The molecule has 2 heteroatoms. The van der Waals surface area contributed by atoms with Gasteiger partial charge in [-0.1, -0.05) is 26.2 Å². The second-order valence-corrected chi connectivity index (χ2v) is 6.69. The lowest BCUT2D eigenvalue weighted by Crippen LogP contribution is -2.51. The molecule has 0 amide bonds. The van der Waals surface area contributed by atoms with Gasteiger partial charge in [0.25, 0.3) is 0 Å². The van der Waals surface area contributed by atoms with Crippen molar-refractivity contribution in [1.82, 2.24) is 10.2 Å². The maximum absolute atomic E-state index is 3.81. The van der Waals surface area contributed by atoms with Crippen LogP contribution in [0.15, 0.2) is 0 Å². The molecule has 0 radical (unpaired) electrons. The van der Waals surface area contributed by atoms with Crippen molar-refractivity contribution in [1.29, 1.82) is 0 Å². The van der Waals surface area contributed by atoms with Crippen LogP contribution in [0.3, 0.4) is 0 Å². The lowest BCUT2D eigenvalue weighted by molar-refractivity contribution is 0.0732. The van der Waals surface area contributed by atoms with E-state index in [1.54, 1.807) is 0 Å². The first-order valence-electron chi connectivity index (χ1n) is 8.17. The molecule has 18 heavy (non-hydrogen) atoms. The molecule has 0 aromatic carbocycles. The van der Waals surface area contributed by atoms with Crippen LogP contribution in [0.5, 0.6) is 0 Å². The Morgan fingerprint density at radius 2 is 1.78 bits per heavy atom. The second-order valence-electron chi connectivity index (χ2n) is 6.69. The second kappa shape index (κ2) is 6.91. The Balaban J connectivity index is 1.74. The van der Waals surface area contributed by atoms with Crippen molar-refractivity contribution in [3.8, 4) is 0 Å². The molecule has 0 spiro atoms. The summed E-state index contributed by atoms with van der Waals surface area (Å²) >= 11 is 0. The van der Waals surface area contributed by atoms with Crippen molar-refractivity contribution in [3.05, 3.63) is 0 Å². The summed E-state index contributed by atoms with van der Waals surface area (Å²) in [6.45, 7) is 9.73. The third-order valence-corrected chi connectivity index (χ3v) is 5.30. The van der Waals surface area contributed by atoms with E-state index >= 15 is 0 Å². The van der Waals surface area contributed by atoms with Crippen molar-refractivity contribution in [2.45, 2.75) is 83.8 Å². The third-order valence-electron chi connectivity index (χ3n) is 5.30. The fraction of sp³-hybridized carbons (Fsp3) is 1.00. The molecule has 1 saturated carbocycles. The highest BCUT2D eigenvalue weighted by molar-refractivity contribution is 4.84. The smallest absolute Gasteiger partial charge is 0.0195 e. The van der Waals surface area contributed by atoms with Crippen LogP contribution in [0.1, 0.15) is 65.7 Å². The molecule has 1 aliphatic carbocycles. The molecular weight excluding hydrogens is 220 g/mol. The van der Waals surface area contributed by atoms with E-state index in [1.165, 1.54) is 58.0 Å². The molecule has 106 valence electrons. The first kappa shape index (κ1) is 14.3. The van der Waals surface area contributed by atoms with Crippen molar-refractivity contribution in [3.63, 3.8) is 0 Å². The zero-order valence-electron chi connectivity index (χ0n) is 12.6. The Bertz CT molecular complexity index is 235. The van der Waals surface area contributed by atoms with Gasteiger partial charge in [-0.2, -0.15) is 0 Å². The van der Waals surface area contributed by atoms with Gasteiger partial charge in [-0.15, -0.1) is 0 Å². The molecule has 0 bridgehead atoms. The summed E-state index contributed by atoms with van der Waals surface area (Å²) in [5.74, 6) is 0.871. The van der Waals surface area contributed by atoms with Crippen LogP contribution in [0.2, 0.25) is 0 Å². The van der Waals surface area contributed by atoms with Gasteiger partial charge in [-0.3, -0.25) is 4.90 Å². The summed E-state index contributed by atoms with van der Waals surface area (Å²) < 4.78 is 0. The maximum atomic E-state index is 3.81. The number of nitrogens with one attached hydrogen (secondary N) is 1. The minimum atomic E-state index is 0.699. The molecule has 1 saturated heterocycles. The summed E-state index contributed by atoms with van der Waals surface area (Å²) in [5.41, 5.74) is 0. The van der Waals surface area contributed by atoms with Gasteiger partial charge >= 0.3 is 0 Å². The molecule has 3 unspecified atom stereocenters. The van der Waals surface area contributed by atoms with E-state index in [-0.39, 0.29) is 0 Å². The summed E-state index contributed by atoms with van der Waals surface area (Å²) in [6, 6.07) is 2.27. The van der Waals surface area contributed by atoms with Gasteiger partial charge in [-0.25, -0.2) is 0 Å². The number of rotatable bonds is 4. The zero-order valence-corrected chi connectivity index (χ0v) is 12.6. The molecule has 2 nitrogen and oxygen atoms in total. The van der Waals surface area contributed by atoms with E-state index in [2.05, 4.69) is 31.0 Å². The Labute approximate surface area is 114 Å². The molecule has 2 rings (SSSR count). The summed E-state index contributed by atoms with van der Waals surface area (Å²) in [7, 11) is 0. The highest BCUT2D eigenvalue weighted by atomic mass is 15.2. The summed E-state index contributed by atoms with van der Waals surface area (Å²) in [5, 5.41) is 3.81. The van der Waals surface area contributed by atoms with Crippen LogP contribution in [0.4, 0.5) is 0 Å². The Hall–Kier alpha value is -0.0800. The van der Waals surface area contributed by atoms with Gasteiger partial charge in [0.15, 0.2) is 0 Å². The molecule has 0 aromatic heterocycles. The number of hydrogen-bond donors (Lipinski definition) is 1. The van der Waals surface area contributed by atoms with Crippen LogP contribution >= 0.6 is 0 Å². The number of likely N-dealkylation sites (tertiary alicyclic amines) is 1. The summed E-state index contributed by atoms with van der Waals surface area (Å²) in [4.78, 5) is 2.73. The largest absolute Gasteiger partial charge is 0.312 e. The fourth-order valence-corrected chi connectivity index (χ4v) is 3.75. The van der Waals surface area contributed by atoms with Crippen molar-refractivity contribution < 1.29 is 0 Å². The van der Waals surface area contributed by atoms with Gasteiger partial charge in [0.2, 0.25) is 0 Å². The van der Waals surface area contributed by atoms with Crippen LogP contribution < -0.4 is 5.32 Å². The van der Waals surface area contributed by atoms with Crippen molar-refractivity contribution in [2.75, 3.05) is 13.1 Å². The average molecular weight is 252 g/mol. The third kappa shape index (κ3) is 3.71. The predicted octanol–water partition coefficient (Wildman–Crippen LogP) is 3.42. The van der Waals surface area contributed by atoms with E-state index < -0.39 is 0 Å². The minimum absolute atomic E-state index is 0.699. The van der Waals surface area contributed by atoms with Crippen LogP contribution in [0.25, 0.3) is 0 Å². The lowest BCUT2D eigenvalue weighted by atomic mass is 9.90. The van der Waals surface area contributed by atoms with E-state index in [9.17, 15) is 0 Å². The minimum Gasteiger partial charge on any atom is -0.312 e. The van der Waals surface area contributed by atoms with E-state index in [1.807, 2.05) is 0 Å². The monoisotopic (exact) mass is 252 g/mol. The number of nitrogens with zero attached hydrogens (tertiary/aromatic N) is 1. The van der Waals surface area contributed by atoms with Gasteiger partial charge in [0, 0.05) is 24.7 Å². The van der Waals surface area contributed by atoms with Gasteiger partial charge in [0.1, 0.15) is 0 Å². The lowest BCUT2D eigenvalue weighted by Gasteiger charge is -2.42. The zero-order chi connectivity index (χ0) is 13.0. The standard InChI is InChI=1S/C16H32N2/c1-13-8-7-11-18(15(13)3)14(2)12-17-16-9-5-4-6-10-16/h13-17H,4-12H2,1-3H3. The van der Waals surface area contributed by atoms with Gasteiger partial charge in [0.05, 0.1) is 0 Å². The SMILES string of the molecule is CC1CCCN(C(C)CNC2CCCCC2)C1C. The molecular formula is C16H32N2. The van der Waals surface area contributed by atoms with E-state index in [0.29, 0.717) is 6.04 Å². The normalized spacial score (nSPS) is 33.5. The van der Waals surface area contributed by atoms with Crippen LogP contribution in [-0.2, 0) is 0 Å². The van der Waals surface area contributed by atoms with Crippen molar-refractivity contribution >= 4 is 0 Å². The Kier molecular flexibility index (Phi) is 5.50.